The fourth-order valence-electron chi connectivity index (χ4n) is 5.24. The van der Waals surface area contributed by atoms with E-state index in [4.69, 9.17) is 9.47 Å². The molecule has 0 spiro atoms. The largest absolute Gasteiger partial charge is 0.468 e. The number of fused-ring (bicyclic) bond motifs is 1. The smallest absolute Gasteiger partial charge is 0.326 e. The van der Waals surface area contributed by atoms with Crippen molar-refractivity contribution in [2.45, 2.75) is 45.1 Å². The van der Waals surface area contributed by atoms with Crippen LogP contribution in [0.1, 0.15) is 48.9 Å². The lowest BCUT2D eigenvalue weighted by atomic mass is 9.93. The van der Waals surface area contributed by atoms with E-state index in [1.807, 2.05) is 71.1 Å². The Hall–Kier alpha value is -3.61. The van der Waals surface area contributed by atoms with Gasteiger partial charge in [0.15, 0.2) is 5.92 Å². The second-order valence-corrected chi connectivity index (χ2v) is 9.31. The third-order valence-electron chi connectivity index (χ3n) is 7.20. The van der Waals surface area contributed by atoms with Gasteiger partial charge < -0.3 is 18.9 Å². The fraction of sp³-hybridized carbons (Fsp3) is 0.414. The molecule has 7 heteroatoms. The number of nitrogens with zero attached hydrogens (tertiary/aromatic N) is 2. The van der Waals surface area contributed by atoms with Crippen LogP contribution >= 0.6 is 0 Å². The van der Waals surface area contributed by atoms with Crippen molar-refractivity contribution in [1.82, 2.24) is 9.47 Å². The quantitative estimate of drug-likeness (QED) is 0.329. The minimum Gasteiger partial charge on any atom is -0.468 e. The zero-order valence-corrected chi connectivity index (χ0v) is 21.2. The summed E-state index contributed by atoms with van der Waals surface area (Å²) in [6, 6.07) is 17.2. The fourth-order valence-corrected chi connectivity index (χ4v) is 5.24. The van der Waals surface area contributed by atoms with Crippen LogP contribution in [-0.4, -0.2) is 47.5 Å². The molecule has 0 saturated carbocycles. The van der Waals surface area contributed by atoms with Crippen LogP contribution in [0.5, 0.6) is 0 Å². The van der Waals surface area contributed by atoms with Gasteiger partial charge in [-0.05, 0) is 42.9 Å². The van der Waals surface area contributed by atoms with Crippen molar-refractivity contribution >= 4 is 28.7 Å². The molecule has 3 aromatic rings. The van der Waals surface area contributed by atoms with Crippen LogP contribution in [-0.2, 0) is 43.9 Å². The van der Waals surface area contributed by atoms with Crippen molar-refractivity contribution < 1.29 is 23.9 Å². The van der Waals surface area contributed by atoms with Gasteiger partial charge in [0.1, 0.15) is 6.61 Å². The van der Waals surface area contributed by atoms with Crippen molar-refractivity contribution in [3.8, 4) is 0 Å². The minimum atomic E-state index is -1.23. The third-order valence-corrected chi connectivity index (χ3v) is 7.20. The van der Waals surface area contributed by atoms with E-state index in [1.165, 1.54) is 7.11 Å². The molecule has 2 atom stereocenters. The molecule has 4 rings (SSSR count). The van der Waals surface area contributed by atoms with Crippen LogP contribution < -0.4 is 0 Å². The first-order valence-electron chi connectivity index (χ1n) is 12.6. The summed E-state index contributed by atoms with van der Waals surface area (Å²) in [4.78, 5) is 41.2. The van der Waals surface area contributed by atoms with Crippen molar-refractivity contribution in [1.29, 1.82) is 0 Å². The Bertz CT molecular complexity index is 1230. The topological polar surface area (TPSA) is 77.8 Å². The lowest BCUT2D eigenvalue weighted by Crippen LogP contribution is -2.42. The number of hydrogen-bond acceptors (Lipinski definition) is 5. The van der Waals surface area contributed by atoms with Crippen LogP contribution in [0.15, 0.2) is 54.6 Å². The third kappa shape index (κ3) is 5.15. The molecule has 0 N–H and O–H groups in total. The number of rotatable bonds is 9. The Morgan fingerprint density at radius 2 is 1.78 bits per heavy atom. The van der Waals surface area contributed by atoms with Gasteiger partial charge in [0.25, 0.3) is 0 Å². The maximum Gasteiger partial charge on any atom is 0.326 e. The first-order valence-corrected chi connectivity index (χ1v) is 12.6. The number of carbonyl (C=O) groups excluding carboxylic acids is 3. The first kappa shape index (κ1) is 25.5. The molecular formula is C29H34N2O5. The first-order chi connectivity index (χ1) is 17.5. The average Bonchev–Trinajstić information content (AvgIpc) is 3.18. The molecule has 1 fully saturated rings. The van der Waals surface area contributed by atoms with Gasteiger partial charge in [-0.15, -0.1) is 0 Å². The number of aryl methyl sites for hydroxylation is 1. The number of para-hydroxylation sites is 1. The second kappa shape index (κ2) is 11.4. The number of methoxy groups -OCH3 is 1. The van der Waals surface area contributed by atoms with Crippen molar-refractivity contribution in [2.24, 2.45) is 13.0 Å². The Morgan fingerprint density at radius 1 is 1.06 bits per heavy atom. The molecule has 1 saturated heterocycles. The van der Waals surface area contributed by atoms with Crippen molar-refractivity contribution in [2.75, 3.05) is 20.2 Å². The van der Waals surface area contributed by atoms with Gasteiger partial charge in [-0.1, -0.05) is 55.5 Å². The highest BCUT2D eigenvalue weighted by molar-refractivity contribution is 6.02. The number of carbonyl (C=O) groups is 3. The van der Waals surface area contributed by atoms with E-state index >= 15 is 0 Å². The molecular weight excluding hydrogens is 456 g/mol. The SMILES string of the molecule is CCC1CCCN(CCc2c(C(C(=O)OC)C(=O)OCc3ccccc3)n(C)c3ccccc23)C1=O. The van der Waals surface area contributed by atoms with Crippen LogP contribution in [0.25, 0.3) is 10.9 Å². The standard InChI is InChI=1S/C29H34N2O5/c1-4-21-13-10-17-31(27(21)32)18-16-23-22-14-8-9-15-24(22)30(2)26(23)25(28(33)35-3)29(34)36-19-20-11-6-5-7-12-20/h5-9,11-12,14-15,21,25H,4,10,13,16-19H2,1-3H3. The Morgan fingerprint density at radius 3 is 2.50 bits per heavy atom. The molecule has 0 bridgehead atoms. The number of esters is 2. The normalized spacial score (nSPS) is 16.7. The summed E-state index contributed by atoms with van der Waals surface area (Å²) < 4.78 is 12.5. The van der Waals surface area contributed by atoms with Gasteiger partial charge >= 0.3 is 11.9 Å². The summed E-state index contributed by atoms with van der Waals surface area (Å²) >= 11 is 0. The van der Waals surface area contributed by atoms with Gasteiger partial charge in [-0.25, -0.2) is 0 Å². The summed E-state index contributed by atoms with van der Waals surface area (Å²) in [5, 5.41) is 0.955. The van der Waals surface area contributed by atoms with E-state index in [1.54, 1.807) is 0 Å². The summed E-state index contributed by atoms with van der Waals surface area (Å²) in [6.07, 6.45) is 3.29. The van der Waals surface area contributed by atoms with E-state index in [-0.39, 0.29) is 18.4 Å². The van der Waals surface area contributed by atoms with Gasteiger partial charge in [0.2, 0.25) is 5.91 Å². The molecule has 36 heavy (non-hydrogen) atoms. The molecule has 7 nitrogen and oxygen atoms in total. The van der Waals surface area contributed by atoms with Gasteiger partial charge in [0, 0.05) is 42.7 Å². The van der Waals surface area contributed by atoms with Gasteiger partial charge in [-0.3, -0.25) is 14.4 Å². The zero-order valence-electron chi connectivity index (χ0n) is 21.2. The predicted octanol–water partition coefficient (Wildman–Crippen LogP) is 4.37. The molecule has 2 aromatic carbocycles. The number of amides is 1. The molecule has 2 unspecified atom stereocenters. The van der Waals surface area contributed by atoms with Crippen LogP contribution in [0, 0.1) is 5.92 Å². The van der Waals surface area contributed by atoms with E-state index in [0.717, 1.165) is 47.8 Å². The Kier molecular flexibility index (Phi) is 8.08. The van der Waals surface area contributed by atoms with Gasteiger partial charge in [0.05, 0.1) is 7.11 Å². The highest BCUT2D eigenvalue weighted by Gasteiger charge is 2.37. The van der Waals surface area contributed by atoms with E-state index in [2.05, 4.69) is 6.92 Å². The molecule has 1 aromatic heterocycles. The van der Waals surface area contributed by atoms with E-state index in [9.17, 15) is 14.4 Å². The van der Waals surface area contributed by atoms with Gasteiger partial charge in [-0.2, -0.15) is 0 Å². The van der Waals surface area contributed by atoms with Crippen LogP contribution in [0.4, 0.5) is 0 Å². The highest BCUT2D eigenvalue weighted by atomic mass is 16.5. The molecule has 1 aliphatic rings. The zero-order chi connectivity index (χ0) is 25.7. The second-order valence-electron chi connectivity index (χ2n) is 9.31. The number of ether oxygens (including phenoxy) is 2. The lowest BCUT2D eigenvalue weighted by Gasteiger charge is -2.32. The van der Waals surface area contributed by atoms with E-state index in [0.29, 0.717) is 18.7 Å². The molecule has 1 aliphatic heterocycles. The maximum absolute atomic E-state index is 13.3. The monoisotopic (exact) mass is 490 g/mol. The molecule has 0 aliphatic carbocycles. The number of hydrogen-bond donors (Lipinski definition) is 0. The highest BCUT2D eigenvalue weighted by Crippen LogP contribution is 2.33. The molecule has 1 amide bonds. The minimum absolute atomic E-state index is 0.0626. The summed E-state index contributed by atoms with van der Waals surface area (Å²) in [5.41, 5.74) is 3.16. The van der Waals surface area contributed by atoms with E-state index < -0.39 is 17.9 Å². The summed E-state index contributed by atoms with van der Waals surface area (Å²) in [5.74, 6) is -2.29. The lowest BCUT2D eigenvalue weighted by molar-refractivity contribution is -0.157. The molecule has 190 valence electrons. The number of piperidine rings is 1. The van der Waals surface area contributed by atoms with Crippen molar-refractivity contribution in [3.63, 3.8) is 0 Å². The predicted molar refractivity (Wildman–Crippen MR) is 137 cm³/mol. The number of aromatic nitrogens is 1. The number of benzene rings is 2. The van der Waals surface area contributed by atoms with Crippen molar-refractivity contribution in [3.05, 3.63) is 71.4 Å². The Balaban J connectivity index is 1.67. The maximum atomic E-state index is 13.3. The summed E-state index contributed by atoms with van der Waals surface area (Å²) in [6.45, 7) is 3.38. The molecule has 0 radical (unpaired) electrons. The van der Waals surface area contributed by atoms with Crippen LogP contribution in [0.2, 0.25) is 0 Å². The number of likely N-dealkylation sites (tertiary alicyclic amines) is 1. The average molecular weight is 491 g/mol. The summed E-state index contributed by atoms with van der Waals surface area (Å²) in [7, 11) is 3.13. The Labute approximate surface area is 212 Å². The van der Waals surface area contributed by atoms with Crippen LogP contribution in [0.3, 0.4) is 0 Å². The molecule has 2 heterocycles.